The SMILES string of the molecule is C[Si]1(C)CCCC2(C1)C(=O)NC(=S)NC2=O. The topological polar surface area (TPSA) is 58.2 Å². The fourth-order valence-corrected chi connectivity index (χ4v) is 6.46. The van der Waals surface area contributed by atoms with E-state index in [1.54, 1.807) is 0 Å². The van der Waals surface area contributed by atoms with Gasteiger partial charge in [0.25, 0.3) is 0 Å². The van der Waals surface area contributed by atoms with E-state index in [1.165, 1.54) is 6.04 Å². The Labute approximate surface area is 101 Å². The van der Waals surface area contributed by atoms with Gasteiger partial charge in [0.05, 0.1) is 0 Å². The molecule has 0 aliphatic carbocycles. The summed E-state index contributed by atoms with van der Waals surface area (Å²) >= 11 is 4.82. The highest BCUT2D eigenvalue weighted by Gasteiger charge is 2.53. The highest BCUT2D eigenvalue weighted by atomic mass is 32.1. The Bertz CT molecular complexity index is 361. The lowest BCUT2D eigenvalue weighted by Gasteiger charge is -2.43. The van der Waals surface area contributed by atoms with E-state index in [1.807, 2.05) is 0 Å². The van der Waals surface area contributed by atoms with Crippen LogP contribution in [-0.4, -0.2) is 25.0 Å². The Hall–Kier alpha value is -0.753. The Balaban J connectivity index is 2.32. The normalized spacial score (nSPS) is 27.5. The van der Waals surface area contributed by atoms with E-state index in [9.17, 15) is 9.59 Å². The lowest BCUT2D eigenvalue weighted by Crippen LogP contribution is -2.64. The molecule has 16 heavy (non-hydrogen) atoms. The summed E-state index contributed by atoms with van der Waals surface area (Å²) in [5, 5.41) is 5.33. The van der Waals surface area contributed by atoms with Gasteiger partial charge in [-0.25, -0.2) is 0 Å². The number of carbonyl (C=O) groups is 2. The second-order valence-electron chi connectivity index (χ2n) is 5.51. The van der Waals surface area contributed by atoms with Crippen molar-refractivity contribution in [3.8, 4) is 0 Å². The monoisotopic (exact) mass is 256 g/mol. The summed E-state index contributed by atoms with van der Waals surface area (Å²) in [6.45, 7) is 4.47. The molecule has 1 spiro atoms. The van der Waals surface area contributed by atoms with Gasteiger partial charge in [-0.05, 0) is 24.7 Å². The minimum atomic E-state index is -1.42. The van der Waals surface area contributed by atoms with E-state index in [0.717, 1.165) is 12.5 Å². The molecule has 88 valence electrons. The van der Waals surface area contributed by atoms with Gasteiger partial charge in [-0.15, -0.1) is 0 Å². The van der Waals surface area contributed by atoms with Crippen LogP contribution in [0.15, 0.2) is 0 Å². The molecule has 4 nitrogen and oxygen atoms in total. The Morgan fingerprint density at radius 3 is 2.31 bits per heavy atom. The third kappa shape index (κ3) is 1.80. The summed E-state index contributed by atoms with van der Waals surface area (Å²) in [6, 6.07) is 1.93. The summed E-state index contributed by atoms with van der Waals surface area (Å²) in [5.41, 5.74) is -0.837. The molecule has 0 unspecified atom stereocenters. The molecule has 0 saturated carbocycles. The largest absolute Gasteiger partial charge is 0.302 e. The van der Waals surface area contributed by atoms with Crippen LogP contribution in [0, 0.1) is 5.41 Å². The van der Waals surface area contributed by atoms with Gasteiger partial charge in [-0.2, -0.15) is 0 Å². The van der Waals surface area contributed by atoms with Crippen molar-refractivity contribution in [1.82, 2.24) is 10.6 Å². The van der Waals surface area contributed by atoms with Gasteiger partial charge in [0, 0.05) is 8.07 Å². The van der Waals surface area contributed by atoms with Crippen LogP contribution in [0.1, 0.15) is 12.8 Å². The standard InChI is InChI=1S/C10H16N2O2SSi/c1-16(2)5-3-4-10(6-16)7(13)11-9(15)12-8(10)14/h3-6H2,1-2H3,(H2,11,12,13,14,15). The Kier molecular flexibility index (Phi) is 2.66. The van der Waals surface area contributed by atoms with Crippen LogP contribution in [-0.2, 0) is 9.59 Å². The first-order chi connectivity index (χ1) is 7.36. The lowest BCUT2D eigenvalue weighted by molar-refractivity contribution is -0.143. The van der Waals surface area contributed by atoms with Crippen molar-refractivity contribution in [1.29, 1.82) is 0 Å². The van der Waals surface area contributed by atoms with Crippen LogP contribution in [0.4, 0.5) is 0 Å². The molecule has 6 heteroatoms. The number of amides is 2. The molecule has 2 N–H and O–H groups in total. The quantitative estimate of drug-likeness (QED) is 0.386. The number of hydrogen-bond donors (Lipinski definition) is 2. The van der Waals surface area contributed by atoms with Gasteiger partial charge in [0.1, 0.15) is 5.41 Å². The molecule has 0 aromatic rings. The molecule has 0 aromatic carbocycles. The smallest absolute Gasteiger partial charge is 0.241 e. The first-order valence-electron chi connectivity index (χ1n) is 5.53. The fourth-order valence-electron chi connectivity index (χ4n) is 2.83. The Morgan fingerprint density at radius 1 is 1.25 bits per heavy atom. The minimum Gasteiger partial charge on any atom is -0.302 e. The molecule has 2 saturated heterocycles. The van der Waals surface area contributed by atoms with E-state index in [-0.39, 0.29) is 16.9 Å². The maximum absolute atomic E-state index is 12.0. The molecule has 2 fully saturated rings. The summed E-state index contributed by atoms with van der Waals surface area (Å²) in [4.78, 5) is 24.1. The van der Waals surface area contributed by atoms with E-state index < -0.39 is 13.5 Å². The average molecular weight is 256 g/mol. The van der Waals surface area contributed by atoms with E-state index in [4.69, 9.17) is 12.2 Å². The van der Waals surface area contributed by atoms with Gasteiger partial charge in [-0.1, -0.05) is 25.6 Å². The van der Waals surface area contributed by atoms with Crippen LogP contribution in [0.3, 0.4) is 0 Å². The number of hydrogen-bond acceptors (Lipinski definition) is 3. The maximum Gasteiger partial charge on any atom is 0.241 e. The second-order valence-corrected chi connectivity index (χ2v) is 11.1. The zero-order chi connectivity index (χ0) is 12.0. The molecule has 2 heterocycles. The van der Waals surface area contributed by atoms with Gasteiger partial charge in [-0.3, -0.25) is 9.59 Å². The van der Waals surface area contributed by atoms with E-state index in [0.29, 0.717) is 6.42 Å². The van der Waals surface area contributed by atoms with Crippen LogP contribution in [0.5, 0.6) is 0 Å². The Morgan fingerprint density at radius 2 is 1.81 bits per heavy atom. The van der Waals surface area contributed by atoms with E-state index in [2.05, 4.69) is 23.7 Å². The first-order valence-corrected chi connectivity index (χ1v) is 9.35. The first kappa shape index (κ1) is 11.7. The molecule has 0 aromatic heterocycles. The summed E-state index contributed by atoms with van der Waals surface area (Å²) < 4.78 is 0. The number of thiocarbonyl (C=S) groups is 1. The average Bonchev–Trinajstić information content (AvgIpc) is 2.13. The molecular weight excluding hydrogens is 240 g/mol. The van der Waals surface area contributed by atoms with Crippen molar-refractivity contribution in [3.05, 3.63) is 0 Å². The third-order valence-corrected chi connectivity index (χ3v) is 7.03. The molecule has 0 atom stereocenters. The van der Waals surface area contributed by atoms with Crippen molar-refractivity contribution in [3.63, 3.8) is 0 Å². The van der Waals surface area contributed by atoms with Crippen molar-refractivity contribution in [2.45, 2.75) is 38.0 Å². The zero-order valence-electron chi connectivity index (χ0n) is 9.55. The van der Waals surface area contributed by atoms with Crippen LogP contribution in [0.25, 0.3) is 0 Å². The van der Waals surface area contributed by atoms with Gasteiger partial charge in [0.2, 0.25) is 11.8 Å². The predicted octanol–water partition coefficient (Wildman–Crippen LogP) is 1.01. The molecule has 2 rings (SSSR count). The van der Waals surface area contributed by atoms with Crippen molar-refractivity contribution < 1.29 is 9.59 Å². The summed E-state index contributed by atoms with van der Waals surface area (Å²) in [6.07, 6.45) is 1.62. The molecule has 2 amide bonds. The van der Waals surface area contributed by atoms with Gasteiger partial charge < -0.3 is 10.6 Å². The van der Waals surface area contributed by atoms with Gasteiger partial charge in [0.15, 0.2) is 5.11 Å². The number of rotatable bonds is 0. The van der Waals surface area contributed by atoms with Crippen LogP contribution >= 0.6 is 12.2 Å². The zero-order valence-corrected chi connectivity index (χ0v) is 11.4. The summed E-state index contributed by atoms with van der Waals surface area (Å²) in [5.74, 6) is -0.386. The van der Waals surface area contributed by atoms with Crippen molar-refractivity contribution in [2.75, 3.05) is 0 Å². The van der Waals surface area contributed by atoms with Gasteiger partial charge >= 0.3 is 0 Å². The number of nitrogens with one attached hydrogen (secondary N) is 2. The second kappa shape index (κ2) is 3.63. The molecule has 0 bridgehead atoms. The highest BCUT2D eigenvalue weighted by molar-refractivity contribution is 7.80. The fraction of sp³-hybridized carbons (Fsp3) is 0.700. The lowest BCUT2D eigenvalue weighted by atomic mass is 9.81. The molecular formula is C10H16N2O2SSi. The molecule has 0 radical (unpaired) electrons. The summed E-state index contributed by atoms with van der Waals surface area (Å²) in [7, 11) is -1.42. The van der Waals surface area contributed by atoms with E-state index >= 15 is 0 Å². The highest BCUT2D eigenvalue weighted by Crippen LogP contribution is 2.43. The minimum absolute atomic E-state index is 0.144. The molecule has 2 aliphatic rings. The van der Waals surface area contributed by atoms with Crippen LogP contribution in [0.2, 0.25) is 25.2 Å². The number of carbonyl (C=O) groups excluding carboxylic acids is 2. The van der Waals surface area contributed by atoms with Crippen molar-refractivity contribution in [2.24, 2.45) is 5.41 Å². The van der Waals surface area contributed by atoms with Crippen molar-refractivity contribution >= 4 is 37.2 Å². The van der Waals surface area contributed by atoms with Crippen LogP contribution < -0.4 is 10.6 Å². The third-order valence-electron chi connectivity index (χ3n) is 3.56. The molecule has 2 aliphatic heterocycles. The predicted molar refractivity (Wildman–Crippen MR) is 67.6 cm³/mol. The maximum atomic E-state index is 12.0.